The average Bonchev–Trinajstić information content (AvgIpc) is 1.31. The van der Waals surface area contributed by atoms with E-state index >= 15 is 0 Å². The monoisotopic (exact) mass is 2150 g/mol. The molecule has 5 N–H and O–H groups in total. The molecule has 0 aliphatic heterocycles. The zero-order valence-corrected chi connectivity index (χ0v) is 76.0. The first-order chi connectivity index (χ1) is 51.7. The van der Waals surface area contributed by atoms with Crippen molar-refractivity contribution >= 4 is 247 Å². The van der Waals surface area contributed by atoms with Gasteiger partial charge >= 0.3 is 59.1 Å². The number of nitrogen functional groups attached to an aromatic ring is 2. The second-order valence-corrected chi connectivity index (χ2v) is 29.7. The molecule has 1 unspecified atom stereocenters. The molecule has 0 saturated carbocycles. The van der Waals surface area contributed by atoms with E-state index in [2.05, 4.69) is 180 Å². The van der Waals surface area contributed by atoms with E-state index in [-0.39, 0.29) is 156 Å². The molecule has 1 aromatic heterocycles. The van der Waals surface area contributed by atoms with Gasteiger partial charge in [0.1, 0.15) is 5.52 Å². The van der Waals surface area contributed by atoms with Gasteiger partial charge in [0, 0.05) is 158 Å². The first kappa shape index (κ1) is 90.3. The van der Waals surface area contributed by atoms with Crippen LogP contribution in [-0.4, -0.2) is 66.7 Å². The molecule has 0 fully saturated rings. The largest absolute Gasteiger partial charge is 1.00 e. The number of carbonyl (C=O) groups excluding carboxylic acids is 9. The number of carbonyl (C=O) groups is 9. The van der Waals surface area contributed by atoms with Gasteiger partial charge in [-0.25, -0.2) is 9.47 Å². The van der Waals surface area contributed by atoms with Crippen molar-refractivity contribution in [2.45, 2.75) is 5.75 Å². The van der Waals surface area contributed by atoms with Gasteiger partial charge in [0.25, 0.3) is 0 Å². The van der Waals surface area contributed by atoms with Crippen LogP contribution >= 0.6 is 156 Å². The molecule has 542 valence electrons. The predicted octanol–water partition coefficient (Wildman–Crippen LogP) is 15.5. The summed E-state index contributed by atoms with van der Waals surface area (Å²) < 4.78 is 25.9. The maximum absolute atomic E-state index is 12.9. The molecule has 16 rings (SSSR count). The molecule has 5 aliphatic carbocycles. The molecular formula is C71H34Br10N10Na2O16S. The van der Waals surface area contributed by atoms with E-state index in [9.17, 15) is 47.4 Å². The SMILES string of the molecule is BrBr.Nc1c(Br)cc(Br)c2c1C(=O)c1ccccc1C2=O.Nc1cccc2c1C(=O)c1ccccc1C2=O.O=C1c2ccccc2-c2onc3c(Br)cc(Br)c1c23.O=C1c2ccccc2C(=O)c2c(CS(=O)OOO)c(Br)cc(Br)c21.O=N[O-].[N-]=[N+]=Nc1c(Br)cc(Br)c2c1C(=O)c1ccccc1C2=O.[N-]=[N+]=[N-].[Na+].[Na+]. The summed E-state index contributed by atoms with van der Waals surface area (Å²) in [5.41, 5.74) is 42.8. The summed E-state index contributed by atoms with van der Waals surface area (Å²) in [6.45, 7) is 0. The summed E-state index contributed by atoms with van der Waals surface area (Å²) in [5, 5.41) is 29.0. The number of benzene rings is 10. The van der Waals surface area contributed by atoms with Crippen LogP contribution in [0.3, 0.4) is 0 Å². The van der Waals surface area contributed by atoms with Gasteiger partial charge in [-0.1, -0.05) is 181 Å². The van der Waals surface area contributed by atoms with Gasteiger partial charge in [0.05, 0.1) is 44.8 Å². The number of hydrogen-bond donors (Lipinski definition) is 3. The van der Waals surface area contributed by atoms with Crippen LogP contribution in [0.25, 0.3) is 48.6 Å². The number of azide groups is 1. The van der Waals surface area contributed by atoms with Crippen LogP contribution in [0.5, 0.6) is 0 Å². The van der Waals surface area contributed by atoms with Gasteiger partial charge in [-0.2, -0.15) is 0 Å². The minimum absolute atomic E-state index is 0. The van der Waals surface area contributed by atoms with Gasteiger partial charge in [-0.05, 0) is 137 Å². The van der Waals surface area contributed by atoms with Crippen LogP contribution in [0.15, 0.2) is 215 Å². The van der Waals surface area contributed by atoms with E-state index < -0.39 is 11.1 Å². The molecule has 110 heavy (non-hydrogen) atoms. The number of nitrogens with two attached hydrogens (primary N) is 2. The molecule has 0 bridgehead atoms. The zero-order chi connectivity index (χ0) is 78.9. The molecule has 0 spiro atoms. The molecule has 1 heterocycles. The number of anilines is 2. The van der Waals surface area contributed by atoms with E-state index in [4.69, 9.17) is 48.0 Å². The molecule has 11 aromatic rings. The van der Waals surface area contributed by atoms with Crippen LogP contribution in [0.2, 0.25) is 0 Å². The normalized spacial score (nSPS) is 12.3. The third-order valence-electron chi connectivity index (χ3n) is 16.2. The number of hydrogen-bond acceptors (Lipinski definition) is 21. The molecule has 0 radical (unpaired) electrons. The standard InChI is InChI=1S/C15H8Br2O6S.C14H5Br2N3O2.C14H5Br2NO2.C14H7Br2NO2.C14H9NO2.Br2.N3.HNO2.2Na/c16-10-5-11(17)13-12(9(10)6-24(21)23-22-20)14(18)7-3-1-2-4-8(7)15(13)19;15-8-5-9(16)12(18-19-17)11-10(8)13(20)6-3-1-2-4-7(6)14(11)21;15-8-5-9(16)12-11-10(8)13(18)6-3-1-2-4-7(6)14(11)19-17-12;15-8-5-9(16)12(17)11-10(8)13(18)6-3-1-2-4-7(6)14(11)19;15-11-7-3-6-10-12(11)14(17)9-5-2-1-4-8(9)13(10)16;1-2;1-3-2;2-1-3;;/h1-5,20H,6H2;1-5H;1-5H;1-5H,17H2;1-7H,15H2;;;(H,2,3);;/q;;;;;;-1;;2*+1/p-1. The van der Waals surface area contributed by atoms with Crippen LogP contribution in [0.4, 0.5) is 17.1 Å². The first-order valence-electron chi connectivity index (χ1n) is 29.6. The summed E-state index contributed by atoms with van der Waals surface area (Å²) in [4.78, 5) is 125. The van der Waals surface area contributed by atoms with Crippen molar-refractivity contribution in [2.24, 2.45) is 10.5 Å². The molecular weight excluding hydrogens is 2130 g/mol. The molecule has 10 aromatic carbocycles. The summed E-state index contributed by atoms with van der Waals surface area (Å²) in [6, 6.07) is 45.8. The van der Waals surface area contributed by atoms with E-state index in [1.807, 2.05) is 30.3 Å². The summed E-state index contributed by atoms with van der Waals surface area (Å²) in [6.07, 6.45) is 0. The second kappa shape index (κ2) is 40.2. The van der Waals surface area contributed by atoms with E-state index in [1.54, 1.807) is 133 Å². The first-order valence-corrected chi connectivity index (χ1v) is 40.9. The smallest absolute Gasteiger partial charge is 0.444 e. The fourth-order valence-corrected chi connectivity index (χ4v) is 18.3. The minimum Gasteiger partial charge on any atom is -0.444 e. The van der Waals surface area contributed by atoms with E-state index in [0.29, 0.717) is 122 Å². The minimum atomic E-state index is -2.05. The van der Waals surface area contributed by atoms with Gasteiger partial charge in [0.15, 0.2) is 68.9 Å². The van der Waals surface area contributed by atoms with Crippen molar-refractivity contribution in [3.63, 3.8) is 0 Å². The quantitative estimate of drug-likeness (QED) is 0.0210. The summed E-state index contributed by atoms with van der Waals surface area (Å²) in [7, 11) is 0. The molecule has 39 heteroatoms. The number of fused-ring (bicyclic) bond motifs is 10. The Morgan fingerprint density at radius 1 is 0.445 bits per heavy atom. The number of rotatable bonds is 5. The second-order valence-electron chi connectivity index (χ2n) is 21.9. The Bertz CT molecular complexity index is 5850. The fraction of sp³-hybridized carbons (Fsp3) is 0.0141. The zero-order valence-electron chi connectivity index (χ0n) is 55.3. The van der Waals surface area contributed by atoms with E-state index in [1.165, 1.54) is 4.91 Å². The number of ketones is 9. The molecule has 0 saturated heterocycles. The van der Waals surface area contributed by atoms with Crippen LogP contribution < -0.4 is 70.6 Å². The molecule has 26 nitrogen and oxygen atoms in total. The van der Waals surface area contributed by atoms with E-state index in [0.717, 1.165) is 25.2 Å². The number of aromatic nitrogens is 1. The predicted molar refractivity (Wildman–Crippen MR) is 435 cm³/mol. The van der Waals surface area contributed by atoms with Gasteiger partial charge in [-0.3, -0.25) is 48.1 Å². The Labute approximate surface area is 748 Å². The summed E-state index contributed by atoms with van der Waals surface area (Å²) >= 11 is 30.1. The fourth-order valence-electron chi connectivity index (χ4n) is 11.8. The van der Waals surface area contributed by atoms with Crippen molar-refractivity contribution < 1.29 is 126 Å². The third-order valence-corrected chi connectivity index (χ3v) is 22.0. The Balaban J connectivity index is 0.000000186. The van der Waals surface area contributed by atoms with Crippen LogP contribution in [0.1, 0.15) is 149 Å². The van der Waals surface area contributed by atoms with Crippen molar-refractivity contribution in [2.75, 3.05) is 11.5 Å². The topological polar surface area (TPSA) is 447 Å². The van der Waals surface area contributed by atoms with Gasteiger partial charge in [-0.15, -0.1) is 9.67 Å². The average molecular weight is 2160 g/mol. The van der Waals surface area contributed by atoms with Gasteiger partial charge in [0.2, 0.25) is 0 Å². The maximum atomic E-state index is 12.9. The van der Waals surface area contributed by atoms with Crippen LogP contribution in [-0.2, 0) is 26.2 Å². The summed E-state index contributed by atoms with van der Waals surface area (Å²) in [5.74, 6) is -1.56. The maximum Gasteiger partial charge on any atom is 1.00 e. The molecule has 5 aliphatic rings. The molecule has 1 atom stereocenters. The Morgan fingerprint density at radius 2 is 0.773 bits per heavy atom. The Morgan fingerprint density at radius 3 is 1.22 bits per heavy atom. The van der Waals surface area contributed by atoms with Crippen molar-refractivity contribution in [1.29, 1.82) is 0 Å². The van der Waals surface area contributed by atoms with Crippen molar-refractivity contribution in [1.82, 2.24) is 5.16 Å². The van der Waals surface area contributed by atoms with Crippen molar-refractivity contribution in [3.8, 4) is 11.3 Å². The number of nitrogens with zero attached hydrogens (tertiary/aromatic N) is 8. The number of halogens is 10. The van der Waals surface area contributed by atoms with Crippen LogP contribution in [0, 0.1) is 10.1 Å². The van der Waals surface area contributed by atoms with Crippen molar-refractivity contribution in [3.05, 3.63) is 342 Å². The third kappa shape index (κ3) is 18.0. The van der Waals surface area contributed by atoms with Gasteiger partial charge < -0.3 is 37.2 Å². The Kier molecular flexibility index (Phi) is 33.1. The molecule has 0 amide bonds. The Hall–Kier alpha value is -6.85.